The van der Waals surface area contributed by atoms with Gasteiger partial charge in [0.2, 0.25) is 10.0 Å². The van der Waals surface area contributed by atoms with Gasteiger partial charge in [0.1, 0.15) is 10.7 Å². The van der Waals surface area contributed by atoms with Gasteiger partial charge < -0.3 is 15.0 Å². The molecule has 0 saturated heterocycles. The van der Waals surface area contributed by atoms with Crippen molar-refractivity contribution in [2.75, 3.05) is 25.0 Å². The minimum atomic E-state index is -4.78. The maximum atomic E-state index is 13.3. The minimum Gasteiger partial charge on any atom is -0.395 e. The van der Waals surface area contributed by atoms with Gasteiger partial charge in [0.05, 0.1) is 18.5 Å². The summed E-state index contributed by atoms with van der Waals surface area (Å²) in [6.45, 7) is -0.0116. The molecule has 0 unspecified atom stereocenters. The lowest BCUT2D eigenvalue weighted by molar-refractivity contribution is -0.137. The first-order chi connectivity index (χ1) is 12.2. The second kappa shape index (κ2) is 8.47. The Morgan fingerprint density at radius 3 is 2.65 bits per heavy atom. The van der Waals surface area contributed by atoms with E-state index in [-0.39, 0.29) is 13.1 Å². The molecule has 2 aromatic rings. The van der Waals surface area contributed by atoms with E-state index in [9.17, 15) is 21.6 Å². The molecule has 0 aliphatic heterocycles. The number of imidazole rings is 1. The number of hydrogen-bond acceptors (Lipinski definition) is 6. The predicted octanol–water partition coefficient (Wildman–Crippen LogP) is 1.07. The van der Waals surface area contributed by atoms with Crippen LogP contribution in [-0.4, -0.2) is 47.8 Å². The van der Waals surface area contributed by atoms with E-state index in [1.807, 2.05) is 4.72 Å². The highest BCUT2D eigenvalue weighted by Gasteiger charge is 2.35. The van der Waals surface area contributed by atoms with Gasteiger partial charge in [-0.05, 0) is 12.5 Å². The summed E-state index contributed by atoms with van der Waals surface area (Å²) in [5, 5.41) is 11.2. The number of aryl methyl sites for hydroxylation is 1. The molecule has 0 radical (unpaired) electrons. The topological polar surface area (TPSA) is 109 Å². The van der Waals surface area contributed by atoms with Gasteiger partial charge in [-0.2, -0.15) is 13.2 Å². The van der Waals surface area contributed by atoms with Gasteiger partial charge in [-0.1, -0.05) is 0 Å². The van der Waals surface area contributed by atoms with Gasteiger partial charge in [-0.25, -0.2) is 23.1 Å². The first kappa shape index (κ1) is 20.1. The highest BCUT2D eigenvalue weighted by Crippen LogP contribution is 2.35. The average molecular weight is 393 g/mol. The Balaban J connectivity index is 2.13. The van der Waals surface area contributed by atoms with Crippen LogP contribution < -0.4 is 10.0 Å². The van der Waals surface area contributed by atoms with Gasteiger partial charge in [0, 0.05) is 38.2 Å². The molecule has 0 spiro atoms. The molecule has 2 aromatic heterocycles. The van der Waals surface area contributed by atoms with Crippen molar-refractivity contribution in [1.82, 2.24) is 19.3 Å². The van der Waals surface area contributed by atoms with Gasteiger partial charge >= 0.3 is 6.18 Å². The Morgan fingerprint density at radius 2 is 2.04 bits per heavy atom. The summed E-state index contributed by atoms with van der Waals surface area (Å²) in [6, 6.07) is 0.519. The molecule has 3 N–H and O–H groups in total. The quantitative estimate of drug-likeness (QED) is 0.550. The lowest BCUT2D eigenvalue weighted by Gasteiger charge is -2.15. The summed E-state index contributed by atoms with van der Waals surface area (Å²) < 4.78 is 67.3. The molecule has 0 fully saturated rings. The number of nitrogens with zero attached hydrogens (tertiary/aromatic N) is 3. The van der Waals surface area contributed by atoms with Gasteiger partial charge in [0.15, 0.2) is 0 Å². The smallest absolute Gasteiger partial charge is 0.395 e. The van der Waals surface area contributed by atoms with Crippen molar-refractivity contribution in [2.45, 2.75) is 24.0 Å². The van der Waals surface area contributed by atoms with Crippen LogP contribution >= 0.6 is 0 Å². The van der Waals surface area contributed by atoms with Crippen LogP contribution in [0.5, 0.6) is 0 Å². The summed E-state index contributed by atoms with van der Waals surface area (Å²) in [7, 11) is -4.19. The number of pyridine rings is 1. The summed E-state index contributed by atoms with van der Waals surface area (Å²) in [5.74, 6) is -0.441. The maximum Gasteiger partial charge on any atom is 0.419 e. The molecule has 26 heavy (non-hydrogen) atoms. The van der Waals surface area contributed by atoms with E-state index >= 15 is 0 Å². The third-order valence-electron chi connectivity index (χ3n) is 3.33. The fourth-order valence-corrected chi connectivity index (χ4v) is 3.09. The zero-order chi connectivity index (χ0) is 19.2. The third kappa shape index (κ3) is 5.41. The van der Waals surface area contributed by atoms with E-state index in [2.05, 4.69) is 15.3 Å². The fraction of sp³-hybridized carbons (Fsp3) is 0.429. The van der Waals surface area contributed by atoms with E-state index in [1.54, 1.807) is 23.3 Å². The molecule has 0 aliphatic rings. The van der Waals surface area contributed by atoms with Crippen LogP contribution in [0.15, 0.2) is 35.9 Å². The largest absolute Gasteiger partial charge is 0.419 e. The van der Waals surface area contributed by atoms with Crippen molar-refractivity contribution in [1.29, 1.82) is 0 Å². The molecular weight excluding hydrogens is 375 g/mol. The molecule has 144 valence electrons. The fourth-order valence-electron chi connectivity index (χ4n) is 2.10. The Hall–Kier alpha value is -2.18. The van der Waals surface area contributed by atoms with Crippen LogP contribution in [0.25, 0.3) is 0 Å². The van der Waals surface area contributed by atoms with Crippen molar-refractivity contribution in [3.05, 3.63) is 36.5 Å². The number of hydrogen-bond donors (Lipinski definition) is 3. The predicted molar refractivity (Wildman–Crippen MR) is 86.8 cm³/mol. The van der Waals surface area contributed by atoms with Crippen LogP contribution in [0.1, 0.15) is 12.0 Å². The summed E-state index contributed by atoms with van der Waals surface area (Å²) >= 11 is 0. The van der Waals surface area contributed by atoms with Crippen LogP contribution in [0, 0.1) is 0 Å². The molecule has 0 bridgehead atoms. The van der Waals surface area contributed by atoms with E-state index in [0.717, 1.165) is 6.20 Å². The highest BCUT2D eigenvalue weighted by molar-refractivity contribution is 7.89. The molecular formula is C14H18F3N5O3S. The molecule has 2 rings (SSSR count). The average Bonchev–Trinajstić information content (AvgIpc) is 3.09. The monoisotopic (exact) mass is 393 g/mol. The van der Waals surface area contributed by atoms with E-state index in [4.69, 9.17) is 5.11 Å². The standard InChI is InChI=1S/C14H18F3N5O3S/c15-14(16,17)12-8-11(26(24,25)21-4-7-23)9-20-13(12)19-2-1-5-22-6-3-18-10-22/h3,6,8-10,21,23H,1-2,4-5,7H2,(H,19,20). The molecule has 8 nitrogen and oxygen atoms in total. The summed E-state index contributed by atoms with van der Waals surface area (Å²) in [4.78, 5) is 6.86. The van der Waals surface area contributed by atoms with Crippen molar-refractivity contribution in [2.24, 2.45) is 0 Å². The van der Waals surface area contributed by atoms with Gasteiger partial charge in [-0.3, -0.25) is 0 Å². The Morgan fingerprint density at radius 1 is 1.27 bits per heavy atom. The van der Waals surface area contributed by atoms with E-state index in [0.29, 0.717) is 19.0 Å². The maximum absolute atomic E-state index is 13.3. The lowest BCUT2D eigenvalue weighted by atomic mass is 10.2. The van der Waals surface area contributed by atoms with E-state index in [1.165, 1.54) is 0 Å². The molecule has 0 atom stereocenters. The number of sulfonamides is 1. The number of rotatable bonds is 9. The van der Waals surface area contributed by atoms with Crippen LogP contribution in [0.3, 0.4) is 0 Å². The van der Waals surface area contributed by atoms with Crippen molar-refractivity contribution < 1.29 is 26.7 Å². The normalized spacial score (nSPS) is 12.3. The zero-order valence-corrected chi connectivity index (χ0v) is 14.4. The van der Waals surface area contributed by atoms with Crippen molar-refractivity contribution in [3.8, 4) is 0 Å². The van der Waals surface area contributed by atoms with Crippen molar-refractivity contribution in [3.63, 3.8) is 0 Å². The van der Waals surface area contributed by atoms with Gasteiger partial charge in [0.25, 0.3) is 0 Å². The molecule has 0 amide bonds. The number of halogens is 3. The molecule has 12 heteroatoms. The third-order valence-corrected chi connectivity index (χ3v) is 4.75. The zero-order valence-electron chi connectivity index (χ0n) is 13.6. The van der Waals surface area contributed by atoms with Crippen LogP contribution in [0.2, 0.25) is 0 Å². The van der Waals surface area contributed by atoms with Crippen LogP contribution in [-0.2, 0) is 22.7 Å². The number of aromatic nitrogens is 3. The Labute approximate surface area is 148 Å². The van der Waals surface area contributed by atoms with Crippen LogP contribution in [0.4, 0.5) is 19.0 Å². The highest BCUT2D eigenvalue weighted by atomic mass is 32.2. The first-order valence-electron chi connectivity index (χ1n) is 7.61. The molecule has 0 aromatic carbocycles. The summed E-state index contributed by atoms with van der Waals surface area (Å²) in [6.07, 6.45) is 1.51. The number of anilines is 1. The Kier molecular flexibility index (Phi) is 6.56. The Bertz CT molecular complexity index is 810. The number of alkyl halides is 3. The SMILES string of the molecule is O=S(=O)(NCCO)c1cnc(NCCCn2ccnc2)c(C(F)(F)F)c1. The summed E-state index contributed by atoms with van der Waals surface area (Å²) in [5.41, 5.74) is -1.17. The second-order valence-electron chi connectivity index (χ2n) is 5.27. The molecule has 0 saturated carbocycles. The first-order valence-corrected chi connectivity index (χ1v) is 9.10. The molecule has 2 heterocycles. The molecule has 0 aliphatic carbocycles. The number of aliphatic hydroxyl groups is 1. The van der Waals surface area contributed by atoms with E-state index < -0.39 is 39.1 Å². The number of aliphatic hydroxyl groups excluding tert-OH is 1. The number of nitrogens with one attached hydrogen (secondary N) is 2. The lowest BCUT2D eigenvalue weighted by Crippen LogP contribution is -2.27. The minimum absolute atomic E-state index is 0.211. The van der Waals surface area contributed by atoms with Gasteiger partial charge in [-0.15, -0.1) is 0 Å². The second-order valence-corrected chi connectivity index (χ2v) is 7.03. The van der Waals surface area contributed by atoms with Crippen molar-refractivity contribution >= 4 is 15.8 Å².